The lowest BCUT2D eigenvalue weighted by atomic mass is 10.1. The van der Waals surface area contributed by atoms with E-state index in [2.05, 4.69) is 5.32 Å². The van der Waals surface area contributed by atoms with Crippen LogP contribution in [0.1, 0.15) is 13.8 Å². The molecule has 0 amide bonds. The van der Waals surface area contributed by atoms with Crippen LogP contribution in [0.15, 0.2) is 29.2 Å². The van der Waals surface area contributed by atoms with Gasteiger partial charge in [0.2, 0.25) is 10.0 Å². The number of hydrogen-bond donors (Lipinski definition) is 3. The summed E-state index contributed by atoms with van der Waals surface area (Å²) >= 11 is 0. The molecule has 0 aliphatic heterocycles. The van der Waals surface area contributed by atoms with Gasteiger partial charge in [0.15, 0.2) is 0 Å². The minimum atomic E-state index is -3.62. The van der Waals surface area contributed by atoms with Crippen LogP contribution >= 0.6 is 0 Å². The molecule has 90 valence electrons. The number of anilines is 1. The Bertz CT molecular complexity index is 446. The molecular formula is C10H17N3O2S. The highest BCUT2D eigenvalue weighted by Gasteiger charge is 2.10. The normalized spacial score (nSPS) is 12.5. The Labute approximate surface area is 95.9 Å². The number of rotatable bonds is 4. The summed E-state index contributed by atoms with van der Waals surface area (Å²) in [6.45, 7) is 4.40. The van der Waals surface area contributed by atoms with Crippen LogP contribution in [-0.2, 0) is 10.0 Å². The van der Waals surface area contributed by atoms with Crippen LogP contribution in [0.25, 0.3) is 0 Å². The molecule has 0 aromatic heterocycles. The zero-order valence-corrected chi connectivity index (χ0v) is 10.2. The Morgan fingerprint density at radius 2 is 1.75 bits per heavy atom. The first-order chi connectivity index (χ1) is 7.18. The molecule has 5 N–H and O–H groups in total. The second-order valence-electron chi connectivity index (χ2n) is 4.41. The maximum atomic E-state index is 11.0. The van der Waals surface area contributed by atoms with Crippen LogP contribution in [0, 0.1) is 0 Å². The predicted molar refractivity (Wildman–Crippen MR) is 64.6 cm³/mol. The van der Waals surface area contributed by atoms with E-state index in [1.807, 2.05) is 13.8 Å². The Morgan fingerprint density at radius 1 is 1.25 bits per heavy atom. The molecule has 1 aromatic carbocycles. The topological polar surface area (TPSA) is 98.2 Å². The van der Waals surface area contributed by atoms with Gasteiger partial charge in [0.05, 0.1) is 4.90 Å². The molecule has 0 radical (unpaired) electrons. The van der Waals surface area contributed by atoms with Crippen molar-refractivity contribution >= 4 is 15.7 Å². The van der Waals surface area contributed by atoms with E-state index in [1.165, 1.54) is 12.1 Å². The Kier molecular flexibility index (Phi) is 3.57. The van der Waals surface area contributed by atoms with Crippen molar-refractivity contribution in [2.24, 2.45) is 10.9 Å². The molecule has 5 nitrogen and oxygen atoms in total. The SMILES string of the molecule is CC(C)(N)CNc1ccc(S(N)(=O)=O)cc1. The summed E-state index contributed by atoms with van der Waals surface area (Å²) in [5.41, 5.74) is 6.29. The monoisotopic (exact) mass is 243 g/mol. The lowest BCUT2D eigenvalue weighted by molar-refractivity contribution is 0.549. The van der Waals surface area contributed by atoms with Crippen molar-refractivity contribution in [3.63, 3.8) is 0 Å². The van der Waals surface area contributed by atoms with Crippen LogP contribution < -0.4 is 16.2 Å². The number of hydrogen-bond acceptors (Lipinski definition) is 4. The van der Waals surface area contributed by atoms with E-state index in [0.29, 0.717) is 6.54 Å². The Morgan fingerprint density at radius 3 is 2.12 bits per heavy atom. The van der Waals surface area contributed by atoms with E-state index >= 15 is 0 Å². The highest BCUT2D eigenvalue weighted by Crippen LogP contribution is 2.13. The number of benzene rings is 1. The summed E-state index contributed by atoms with van der Waals surface area (Å²) in [6, 6.07) is 6.24. The summed E-state index contributed by atoms with van der Waals surface area (Å²) in [5, 5.41) is 8.08. The molecule has 0 bridgehead atoms. The first-order valence-electron chi connectivity index (χ1n) is 4.84. The van der Waals surface area contributed by atoms with Gasteiger partial charge in [-0.3, -0.25) is 0 Å². The molecule has 0 saturated heterocycles. The molecular weight excluding hydrogens is 226 g/mol. The molecule has 1 aromatic rings. The van der Waals surface area contributed by atoms with Crippen LogP contribution in [0.2, 0.25) is 0 Å². The summed E-state index contributed by atoms with van der Waals surface area (Å²) in [7, 11) is -3.62. The van der Waals surface area contributed by atoms with Gasteiger partial charge < -0.3 is 11.1 Å². The van der Waals surface area contributed by atoms with Gasteiger partial charge in [0, 0.05) is 17.8 Å². The number of primary sulfonamides is 1. The molecule has 0 aliphatic rings. The Hall–Kier alpha value is -1.11. The van der Waals surface area contributed by atoms with Gasteiger partial charge in [0.25, 0.3) is 0 Å². The summed E-state index contributed by atoms with van der Waals surface area (Å²) in [4.78, 5) is 0.102. The van der Waals surface area contributed by atoms with Crippen LogP contribution in [-0.4, -0.2) is 20.5 Å². The molecule has 0 unspecified atom stereocenters. The standard InChI is InChI=1S/C10H17N3O2S/c1-10(2,11)7-13-8-3-5-9(6-4-8)16(12,14)15/h3-6,13H,7,11H2,1-2H3,(H2,12,14,15). The predicted octanol–water partition coefficient (Wildman–Crippen LogP) is 0.483. The molecule has 6 heteroatoms. The lowest BCUT2D eigenvalue weighted by Crippen LogP contribution is -2.39. The zero-order chi connectivity index (χ0) is 12.4. The fourth-order valence-corrected chi connectivity index (χ4v) is 1.61. The Balaban J connectivity index is 2.73. The van der Waals surface area contributed by atoms with Gasteiger partial charge in [0.1, 0.15) is 0 Å². The number of nitrogens with two attached hydrogens (primary N) is 2. The molecule has 0 spiro atoms. The van der Waals surface area contributed by atoms with E-state index in [0.717, 1.165) is 5.69 Å². The highest BCUT2D eigenvalue weighted by molar-refractivity contribution is 7.89. The zero-order valence-electron chi connectivity index (χ0n) is 9.40. The molecule has 0 heterocycles. The van der Waals surface area contributed by atoms with E-state index in [4.69, 9.17) is 10.9 Å². The van der Waals surface area contributed by atoms with Crippen molar-refractivity contribution in [3.05, 3.63) is 24.3 Å². The second kappa shape index (κ2) is 4.40. The van der Waals surface area contributed by atoms with Crippen LogP contribution in [0.5, 0.6) is 0 Å². The van der Waals surface area contributed by atoms with Crippen LogP contribution in [0.3, 0.4) is 0 Å². The minimum Gasteiger partial charge on any atom is -0.383 e. The van der Waals surface area contributed by atoms with Crippen molar-refractivity contribution < 1.29 is 8.42 Å². The van der Waals surface area contributed by atoms with Gasteiger partial charge in [-0.05, 0) is 38.1 Å². The van der Waals surface area contributed by atoms with E-state index in [1.54, 1.807) is 12.1 Å². The molecule has 0 fully saturated rings. The molecule has 16 heavy (non-hydrogen) atoms. The van der Waals surface area contributed by atoms with Gasteiger partial charge in [-0.25, -0.2) is 13.6 Å². The second-order valence-corrected chi connectivity index (χ2v) is 5.97. The van der Waals surface area contributed by atoms with Crippen molar-refractivity contribution in [1.82, 2.24) is 0 Å². The third kappa shape index (κ3) is 4.18. The largest absolute Gasteiger partial charge is 0.383 e. The van der Waals surface area contributed by atoms with Gasteiger partial charge in [-0.2, -0.15) is 0 Å². The van der Waals surface area contributed by atoms with Gasteiger partial charge in [-0.15, -0.1) is 0 Å². The third-order valence-corrected chi connectivity index (χ3v) is 2.86. The lowest BCUT2D eigenvalue weighted by Gasteiger charge is -2.19. The smallest absolute Gasteiger partial charge is 0.238 e. The summed E-state index contributed by atoms with van der Waals surface area (Å²) in [6.07, 6.45) is 0. The van der Waals surface area contributed by atoms with Crippen molar-refractivity contribution in [3.8, 4) is 0 Å². The number of nitrogens with one attached hydrogen (secondary N) is 1. The summed E-state index contributed by atoms with van der Waals surface area (Å²) < 4.78 is 22.0. The van der Waals surface area contributed by atoms with Crippen molar-refractivity contribution in [2.45, 2.75) is 24.3 Å². The average Bonchev–Trinajstić information content (AvgIpc) is 2.13. The summed E-state index contributed by atoms with van der Waals surface area (Å²) in [5.74, 6) is 0. The first-order valence-corrected chi connectivity index (χ1v) is 6.39. The quantitative estimate of drug-likeness (QED) is 0.716. The average molecular weight is 243 g/mol. The molecule has 0 atom stereocenters. The highest BCUT2D eigenvalue weighted by atomic mass is 32.2. The third-order valence-electron chi connectivity index (χ3n) is 1.93. The fraction of sp³-hybridized carbons (Fsp3) is 0.400. The fourth-order valence-electron chi connectivity index (χ4n) is 1.09. The van der Waals surface area contributed by atoms with E-state index in [-0.39, 0.29) is 10.4 Å². The molecule has 0 saturated carbocycles. The molecule has 0 aliphatic carbocycles. The van der Waals surface area contributed by atoms with Gasteiger partial charge >= 0.3 is 0 Å². The molecule has 1 rings (SSSR count). The minimum absolute atomic E-state index is 0.102. The van der Waals surface area contributed by atoms with Gasteiger partial charge in [-0.1, -0.05) is 0 Å². The van der Waals surface area contributed by atoms with Crippen molar-refractivity contribution in [2.75, 3.05) is 11.9 Å². The first kappa shape index (κ1) is 13.0. The maximum Gasteiger partial charge on any atom is 0.238 e. The number of sulfonamides is 1. The van der Waals surface area contributed by atoms with E-state index in [9.17, 15) is 8.42 Å². The van der Waals surface area contributed by atoms with E-state index < -0.39 is 10.0 Å². The maximum absolute atomic E-state index is 11.0. The van der Waals surface area contributed by atoms with Crippen LogP contribution in [0.4, 0.5) is 5.69 Å². The van der Waals surface area contributed by atoms with Crippen molar-refractivity contribution in [1.29, 1.82) is 0 Å².